The largest absolute Gasteiger partial charge is 0.379 e. The summed E-state index contributed by atoms with van der Waals surface area (Å²) in [5, 5.41) is 1.39. The SMILES string of the molecule is CC(C)OCCCn1cnc2c([nH]c3cccc(Cl)c32)c1=O. The second kappa shape index (κ2) is 6.10. The summed E-state index contributed by atoms with van der Waals surface area (Å²) in [6, 6.07) is 5.54. The Morgan fingerprint density at radius 2 is 2.23 bits per heavy atom. The van der Waals surface area contributed by atoms with Crippen molar-refractivity contribution in [3.8, 4) is 0 Å². The summed E-state index contributed by atoms with van der Waals surface area (Å²) < 4.78 is 7.10. The van der Waals surface area contributed by atoms with Crippen LogP contribution in [0, 0.1) is 0 Å². The first-order valence-corrected chi connectivity index (χ1v) is 7.72. The van der Waals surface area contributed by atoms with Crippen LogP contribution >= 0.6 is 11.6 Å². The van der Waals surface area contributed by atoms with Crippen LogP contribution in [0.15, 0.2) is 29.3 Å². The predicted octanol–water partition coefficient (Wildman–Crippen LogP) is 3.35. The second-order valence-electron chi connectivity index (χ2n) is 5.53. The van der Waals surface area contributed by atoms with Crippen molar-refractivity contribution in [1.29, 1.82) is 0 Å². The highest BCUT2D eigenvalue weighted by Gasteiger charge is 2.12. The molecule has 1 N–H and O–H groups in total. The van der Waals surface area contributed by atoms with Gasteiger partial charge in [-0.2, -0.15) is 0 Å². The van der Waals surface area contributed by atoms with Crippen LogP contribution in [0.2, 0.25) is 5.02 Å². The Bertz CT molecular complexity index is 867. The summed E-state index contributed by atoms with van der Waals surface area (Å²) >= 11 is 6.22. The Labute approximate surface area is 132 Å². The smallest absolute Gasteiger partial charge is 0.277 e. The highest BCUT2D eigenvalue weighted by atomic mass is 35.5. The Balaban J connectivity index is 1.95. The number of rotatable bonds is 5. The maximum Gasteiger partial charge on any atom is 0.277 e. The molecule has 0 aliphatic rings. The van der Waals surface area contributed by atoms with Gasteiger partial charge in [0.2, 0.25) is 0 Å². The molecule has 22 heavy (non-hydrogen) atoms. The van der Waals surface area contributed by atoms with Crippen molar-refractivity contribution in [3.63, 3.8) is 0 Å². The molecular weight excluding hydrogens is 302 g/mol. The lowest BCUT2D eigenvalue weighted by Crippen LogP contribution is -2.21. The number of aromatic amines is 1. The van der Waals surface area contributed by atoms with E-state index >= 15 is 0 Å². The maximum atomic E-state index is 12.5. The number of fused-ring (bicyclic) bond motifs is 3. The fraction of sp³-hybridized carbons (Fsp3) is 0.375. The quantitative estimate of drug-likeness (QED) is 0.734. The number of halogens is 1. The summed E-state index contributed by atoms with van der Waals surface area (Å²) in [6.07, 6.45) is 2.55. The third-order valence-electron chi connectivity index (χ3n) is 3.54. The Morgan fingerprint density at radius 3 is 3.00 bits per heavy atom. The molecule has 3 aromatic rings. The molecule has 0 spiro atoms. The number of benzene rings is 1. The molecule has 0 saturated carbocycles. The van der Waals surface area contributed by atoms with Gasteiger partial charge in [0.05, 0.1) is 17.5 Å². The van der Waals surface area contributed by atoms with Crippen LogP contribution in [-0.4, -0.2) is 27.2 Å². The molecule has 5 nitrogen and oxygen atoms in total. The van der Waals surface area contributed by atoms with Crippen molar-refractivity contribution in [3.05, 3.63) is 39.9 Å². The summed E-state index contributed by atoms with van der Waals surface area (Å²) in [6.45, 7) is 5.19. The van der Waals surface area contributed by atoms with Gasteiger partial charge >= 0.3 is 0 Å². The lowest BCUT2D eigenvalue weighted by atomic mass is 10.2. The van der Waals surface area contributed by atoms with E-state index in [9.17, 15) is 4.79 Å². The standard InChI is InChI=1S/C16H18ClN3O2/c1-10(2)22-8-4-7-20-9-18-14-13-11(17)5-3-6-12(13)19-15(14)16(20)21/h3,5-6,9-10,19H,4,7-8H2,1-2H3. The minimum atomic E-state index is -0.0817. The molecular formula is C16H18ClN3O2. The van der Waals surface area contributed by atoms with Crippen LogP contribution < -0.4 is 5.56 Å². The molecule has 0 bridgehead atoms. The summed E-state index contributed by atoms with van der Waals surface area (Å²) in [4.78, 5) is 20.1. The fourth-order valence-corrected chi connectivity index (χ4v) is 2.77. The van der Waals surface area contributed by atoms with Gasteiger partial charge in [0, 0.05) is 24.1 Å². The van der Waals surface area contributed by atoms with Gasteiger partial charge in [-0.05, 0) is 32.4 Å². The Morgan fingerprint density at radius 1 is 1.41 bits per heavy atom. The summed E-state index contributed by atoms with van der Waals surface area (Å²) in [5.41, 5.74) is 1.87. The first kappa shape index (κ1) is 15.1. The maximum absolute atomic E-state index is 12.5. The van der Waals surface area contributed by atoms with Crippen LogP contribution in [0.4, 0.5) is 0 Å². The van der Waals surface area contributed by atoms with Crippen molar-refractivity contribution in [1.82, 2.24) is 14.5 Å². The number of ether oxygens (including phenoxy) is 1. The van der Waals surface area contributed by atoms with Crippen molar-refractivity contribution >= 4 is 33.5 Å². The molecule has 116 valence electrons. The van der Waals surface area contributed by atoms with Crippen molar-refractivity contribution in [2.75, 3.05) is 6.61 Å². The number of nitrogens with zero attached hydrogens (tertiary/aromatic N) is 2. The van der Waals surface area contributed by atoms with E-state index in [4.69, 9.17) is 16.3 Å². The molecule has 0 fully saturated rings. The van der Waals surface area contributed by atoms with Gasteiger partial charge in [-0.1, -0.05) is 17.7 Å². The average molecular weight is 320 g/mol. The zero-order valence-corrected chi connectivity index (χ0v) is 13.4. The van der Waals surface area contributed by atoms with E-state index in [1.54, 1.807) is 17.0 Å². The van der Waals surface area contributed by atoms with Gasteiger partial charge in [-0.25, -0.2) is 4.98 Å². The zero-order valence-electron chi connectivity index (χ0n) is 12.6. The molecule has 2 heterocycles. The van der Waals surface area contributed by atoms with E-state index in [1.807, 2.05) is 26.0 Å². The molecule has 2 aromatic heterocycles. The van der Waals surface area contributed by atoms with Crippen molar-refractivity contribution in [2.45, 2.75) is 32.9 Å². The first-order chi connectivity index (χ1) is 10.6. The molecule has 1 aromatic carbocycles. The average Bonchev–Trinajstić information content (AvgIpc) is 2.86. The molecule has 0 radical (unpaired) electrons. The number of nitrogens with one attached hydrogen (secondary N) is 1. The van der Waals surface area contributed by atoms with Crippen molar-refractivity contribution < 1.29 is 4.74 Å². The fourth-order valence-electron chi connectivity index (χ4n) is 2.51. The Hall–Kier alpha value is -1.85. The number of hydrogen-bond acceptors (Lipinski definition) is 3. The lowest BCUT2D eigenvalue weighted by molar-refractivity contribution is 0.0747. The number of H-pyrrole nitrogens is 1. The van der Waals surface area contributed by atoms with E-state index in [0.717, 1.165) is 17.3 Å². The van der Waals surface area contributed by atoms with Crippen LogP contribution in [0.1, 0.15) is 20.3 Å². The highest BCUT2D eigenvalue weighted by molar-refractivity contribution is 6.37. The van der Waals surface area contributed by atoms with Crippen LogP contribution in [0.25, 0.3) is 21.9 Å². The molecule has 0 unspecified atom stereocenters. The molecule has 6 heteroatoms. The molecule has 0 aliphatic carbocycles. The highest BCUT2D eigenvalue weighted by Crippen LogP contribution is 2.28. The number of hydrogen-bond donors (Lipinski definition) is 1. The van der Waals surface area contributed by atoms with Gasteiger partial charge in [-0.15, -0.1) is 0 Å². The first-order valence-electron chi connectivity index (χ1n) is 7.35. The van der Waals surface area contributed by atoms with Crippen LogP contribution in [-0.2, 0) is 11.3 Å². The van der Waals surface area contributed by atoms with Gasteiger partial charge in [0.25, 0.3) is 5.56 Å². The predicted molar refractivity (Wildman–Crippen MR) is 88.6 cm³/mol. The molecule has 0 aliphatic heterocycles. The third-order valence-corrected chi connectivity index (χ3v) is 3.86. The summed E-state index contributed by atoms with van der Waals surface area (Å²) in [7, 11) is 0. The normalized spacial score (nSPS) is 11.8. The van der Waals surface area contributed by atoms with Gasteiger partial charge in [-0.3, -0.25) is 9.36 Å². The zero-order chi connectivity index (χ0) is 15.7. The number of aromatic nitrogens is 3. The molecule has 0 atom stereocenters. The Kier molecular flexibility index (Phi) is 4.18. The van der Waals surface area contributed by atoms with Crippen LogP contribution in [0.3, 0.4) is 0 Å². The van der Waals surface area contributed by atoms with Crippen LogP contribution in [0.5, 0.6) is 0 Å². The lowest BCUT2D eigenvalue weighted by Gasteiger charge is -2.08. The molecule has 3 rings (SSSR count). The monoisotopic (exact) mass is 319 g/mol. The topological polar surface area (TPSA) is 59.9 Å². The third kappa shape index (κ3) is 2.74. The van der Waals surface area contributed by atoms with E-state index in [2.05, 4.69) is 9.97 Å². The molecule has 0 amide bonds. The van der Waals surface area contributed by atoms with E-state index in [1.165, 1.54) is 0 Å². The minimum Gasteiger partial charge on any atom is -0.379 e. The minimum absolute atomic E-state index is 0.0817. The molecule has 0 saturated heterocycles. The second-order valence-corrected chi connectivity index (χ2v) is 5.93. The van der Waals surface area contributed by atoms with Gasteiger partial charge in [0.1, 0.15) is 11.0 Å². The summed E-state index contributed by atoms with van der Waals surface area (Å²) in [5.74, 6) is 0. The van der Waals surface area contributed by atoms with Gasteiger partial charge < -0.3 is 9.72 Å². The van der Waals surface area contributed by atoms with E-state index < -0.39 is 0 Å². The van der Waals surface area contributed by atoms with E-state index in [-0.39, 0.29) is 11.7 Å². The number of aryl methyl sites for hydroxylation is 1. The van der Waals surface area contributed by atoms with Crippen molar-refractivity contribution in [2.24, 2.45) is 0 Å². The van der Waals surface area contributed by atoms with E-state index in [0.29, 0.717) is 29.2 Å². The van der Waals surface area contributed by atoms with Gasteiger partial charge in [0.15, 0.2) is 0 Å².